The molecule has 4 aliphatic rings. The Bertz CT molecular complexity index is 1470. The molecule has 5 heterocycles. The first-order chi connectivity index (χ1) is 22.5. The van der Waals surface area contributed by atoms with Gasteiger partial charge >= 0.3 is 18.3 Å². The number of nitrogens with two attached hydrogens (primary N) is 1. The van der Waals surface area contributed by atoms with Gasteiger partial charge in [-0.2, -0.15) is 13.2 Å². The lowest BCUT2D eigenvalue weighted by Gasteiger charge is -2.41. The fourth-order valence-electron chi connectivity index (χ4n) is 7.20. The Morgan fingerprint density at radius 2 is 1.66 bits per heavy atom. The molecule has 3 N–H and O–H groups in total. The number of carbonyl (C=O) groups excluding carboxylic acids is 3. The average Bonchev–Trinajstić information content (AvgIpc) is 3.52. The number of alkyl halides is 3. The van der Waals surface area contributed by atoms with E-state index < -0.39 is 35.5 Å². The molecule has 3 fully saturated rings. The molecule has 0 radical (unpaired) electrons. The number of hydrogen-bond donors (Lipinski definition) is 2. The lowest BCUT2D eigenvalue weighted by Crippen LogP contribution is -2.53. The first-order valence-corrected chi connectivity index (χ1v) is 17.9. The minimum Gasteiger partial charge on any atom is -0.436 e. The summed E-state index contributed by atoms with van der Waals surface area (Å²) >= 11 is 4.71. The normalized spacial score (nSPS) is 20.9. The first kappa shape index (κ1) is 33.8. The lowest BCUT2D eigenvalue weighted by atomic mass is 9.98. The van der Waals surface area contributed by atoms with Gasteiger partial charge in [0.1, 0.15) is 0 Å². The van der Waals surface area contributed by atoms with Crippen LogP contribution < -0.4 is 11.1 Å². The SMILES string of the molecule is Nc1c(Br)cc(C[C@@H](OC(=O)N2CCC(N3Cc4sccc4NC3=O)CC2)C(=O)N2CCC(N3CCCCC3)CC2)cc1C(F)(F)F. The summed E-state index contributed by atoms with van der Waals surface area (Å²) in [6.45, 7) is 4.24. The minimum absolute atomic E-state index is 0.0562. The van der Waals surface area contributed by atoms with Crippen LogP contribution in [0.4, 0.5) is 34.1 Å². The molecule has 15 heteroatoms. The molecular weight excluding hydrogens is 701 g/mol. The van der Waals surface area contributed by atoms with Crippen molar-refractivity contribution in [3.05, 3.63) is 44.1 Å². The number of piperidine rings is 3. The molecule has 0 spiro atoms. The van der Waals surface area contributed by atoms with E-state index in [4.69, 9.17) is 10.5 Å². The number of ether oxygens (including phenoxy) is 1. The highest BCUT2D eigenvalue weighted by Gasteiger charge is 2.38. The van der Waals surface area contributed by atoms with Gasteiger partial charge in [0.25, 0.3) is 5.91 Å². The molecule has 256 valence electrons. The van der Waals surface area contributed by atoms with Crippen LogP contribution in [0.1, 0.15) is 60.9 Å². The summed E-state index contributed by atoms with van der Waals surface area (Å²) in [5.41, 5.74) is 5.28. The lowest BCUT2D eigenvalue weighted by molar-refractivity contribution is -0.142. The van der Waals surface area contributed by atoms with Gasteiger partial charge in [-0.25, -0.2) is 9.59 Å². The zero-order chi connectivity index (χ0) is 33.3. The Kier molecular flexibility index (Phi) is 10.2. The van der Waals surface area contributed by atoms with Crippen LogP contribution in [0, 0.1) is 0 Å². The third kappa shape index (κ3) is 7.67. The maximum Gasteiger partial charge on any atom is 0.418 e. The first-order valence-electron chi connectivity index (χ1n) is 16.3. The summed E-state index contributed by atoms with van der Waals surface area (Å²) in [7, 11) is 0. The molecule has 1 aromatic heterocycles. The number of urea groups is 1. The zero-order valence-electron chi connectivity index (χ0n) is 26.1. The molecule has 0 saturated carbocycles. The van der Waals surface area contributed by atoms with Crippen molar-refractivity contribution in [1.82, 2.24) is 19.6 Å². The highest BCUT2D eigenvalue weighted by atomic mass is 79.9. The molecule has 47 heavy (non-hydrogen) atoms. The van der Waals surface area contributed by atoms with Gasteiger partial charge in [-0.15, -0.1) is 11.3 Å². The molecule has 10 nitrogen and oxygen atoms in total. The third-order valence-electron chi connectivity index (χ3n) is 9.84. The molecule has 4 aliphatic heterocycles. The summed E-state index contributed by atoms with van der Waals surface area (Å²) < 4.78 is 47.3. The maximum atomic E-state index is 13.9. The van der Waals surface area contributed by atoms with E-state index in [0.29, 0.717) is 51.6 Å². The van der Waals surface area contributed by atoms with Crippen LogP contribution in [-0.2, 0) is 28.7 Å². The van der Waals surface area contributed by atoms with Gasteiger partial charge in [0.15, 0.2) is 6.10 Å². The van der Waals surface area contributed by atoms with Gasteiger partial charge in [-0.1, -0.05) is 6.42 Å². The number of nitrogens with one attached hydrogen (secondary N) is 1. The van der Waals surface area contributed by atoms with E-state index in [1.165, 1.54) is 30.2 Å². The van der Waals surface area contributed by atoms with Gasteiger partial charge < -0.3 is 35.4 Å². The summed E-state index contributed by atoms with van der Waals surface area (Å²) in [4.78, 5) is 48.7. The minimum atomic E-state index is -4.70. The van der Waals surface area contributed by atoms with E-state index in [1.54, 1.807) is 21.1 Å². The van der Waals surface area contributed by atoms with Crippen LogP contribution in [0.2, 0.25) is 0 Å². The van der Waals surface area contributed by atoms with Gasteiger partial charge in [-0.05, 0) is 96.7 Å². The van der Waals surface area contributed by atoms with Crippen molar-refractivity contribution in [2.45, 2.75) is 82.3 Å². The average molecular weight is 742 g/mol. The zero-order valence-corrected chi connectivity index (χ0v) is 28.5. The van der Waals surface area contributed by atoms with Crippen molar-refractivity contribution in [3.63, 3.8) is 0 Å². The number of amides is 4. The van der Waals surface area contributed by atoms with E-state index in [9.17, 15) is 27.6 Å². The summed E-state index contributed by atoms with van der Waals surface area (Å²) in [5, 5.41) is 4.86. The largest absolute Gasteiger partial charge is 0.436 e. The number of nitrogens with zero attached hydrogens (tertiary/aromatic N) is 4. The molecular formula is C32H40BrF3N6O4S. The molecule has 2 aromatic rings. The van der Waals surface area contributed by atoms with Crippen molar-refractivity contribution in [2.75, 3.05) is 50.3 Å². The smallest absolute Gasteiger partial charge is 0.418 e. The quantitative estimate of drug-likeness (QED) is 0.344. The number of carbonyl (C=O) groups is 3. The molecule has 3 saturated heterocycles. The van der Waals surface area contributed by atoms with E-state index in [-0.39, 0.29) is 28.5 Å². The summed E-state index contributed by atoms with van der Waals surface area (Å²) in [5.74, 6) is -0.413. The molecule has 1 atom stereocenters. The number of hydrogen-bond acceptors (Lipinski definition) is 7. The monoisotopic (exact) mass is 740 g/mol. The van der Waals surface area contributed by atoms with Crippen LogP contribution in [0.25, 0.3) is 0 Å². The van der Waals surface area contributed by atoms with Gasteiger partial charge in [0, 0.05) is 54.0 Å². The van der Waals surface area contributed by atoms with E-state index >= 15 is 0 Å². The van der Waals surface area contributed by atoms with Gasteiger partial charge in [0.05, 0.1) is 23.5 Å². The van der Waals surface area contributed by atoms with Gasteiger partial charge in [0.2, 0.25) is 0 Å². The molecule has 6 rings (SSSR count). The number of benzene rings is 1. The Morgan fingerprint density at radius 1 is 1.00 bits per heavy atom. The number of thiophene rings is 1. The van der Waals surface area contributed by atoms with Crippen LogP contribution >= 0.6 is 27.3 Å². The van der Waals surface area contributed by atoms with E-state index in [2.05, 4.69) is 26.1 Å². The van der Waals surface area contributed by atoms with Crippen molar-refractivity contribution in [2.24, 2.45) is 0 Å². The fraction of sp³-hybridized carbons (Fsp3) is 0.594. The second kappa shape index (κ2) is 14.2. The molecule has 0 unspecified atom stereocenters. The van der Waals surface area contributed by atoms with Crippen molar-refractivity contribution >= 4 is 56.7 Å². The molecule has 1 aromatic carbocycles. The molecule has 4 amide bonds. The van der Waals surface area contributed by atoms with E-state index in [0.717, 1.165) is 42.6 Å². The number of likely N-dealkylation sites (tertiary alicyclic amines) is 3. The fourth-order valence-corrected chi connectivity index (χ4v) is 8.53. The van der Waals surface area contributed by atoms with Crippen LogP contribution in [0.5, 0.6) is 0 Å². The Morgan fingerprint density at radius 3 is 2.34 bits per heavy atom. The predicted molar refractivity (Wildman–Crippen MR) is 176 cm³/mol. The molecule has 0 aliphatic carbocycles. The van der Waals surface area contributed by atoms with Crippen molar-refractivity contribution in [1.29, 1.82) is 0 Å². The van der Waals surface area contributed by atoms with E-state index in [1.807, 2.05) is 11.4 Å². The van der Waals surface area contributed by atoms with Crippen LogP contribution in [0.3, 0.4) is 0 Å². The number of nitrogen functional groups attached to an aromatic ring is 1. The third-order valence-corrected chi connectivity index (χ3v) is 11.4. The number of fused-ring (bicyclic) bond motifs is 1. The highest BCUT2D eigenvalue weighted by Crippen LogP contribution is 2.38. The predicted octanol–water partition coefficient (Wildman–Crippen LogP) is 6.15. The van der Waals surface area contributed by atoms with Crippen LogP contribution in [-0.4, -0.2) is 95.1 Å². The Hall–Kier alpha value is -3.04. The Labute approximate surface area is 284 Å². The summed E-state index contributed by atoms with van der Waals surface area (Å²) in [6.07, 6.45) is -0.699. The second-order valence-corrected chi connectivity index (χ2v) is 14.7. The Balaban J connectivity index is 1.13. The summed E-state index contributed by atoms with van der Waals surface area (Å²) in [6, 6.07) is 4.40. The highest BCUT2D eigenvalue weighted by molar-refractivity contribution is 9.10. The number of anilines is 2. The topological polar surface area (TPSA) is 111 Å². The van der Waals surface area contributed by atoms with Crippen molar-refractivity contribution < 1.29 is 32.3 Å². The standard InChI is InChI=1S/C32H40BrF3N6O4S/c33-24-17-20(16-23(28(24)37)32(34,35)36)18-26(29(43)40-11-4-21(5-12-40)39-9-2-1-3-10-39)46-31(45)41-13-6-22(7-14-41)42-19-27-25(8-15-47-27)38-30(42)44/h8,15-17,21-22,26H,1-7,9-14,18-19,37H2,(H,38,44)/t26-/m1/s1. The number of halogens is 4. The van der Waals surface area contributed by atoms with Crippen molar-refractivity contribution in [3.8, 4) is 0 Å². The number of rotatable bonds is 6. The van der Waals surface area contributed by atoms with Gasteiger partial charge in [-0.3, -0.25) is 4.79 Å². The maximum absolute atomic E-state index is 13.9. The van der Waals surface area contributed by atoms with Crippen LogP contribution in [0.15, 0.2) is 28.1 Å². The second-order valence-electron chi connectivity index (χ2n) is 12.8. The molecule has 0 bridgehead atoms.